The summed E-state index contributed by atoms with van der Waals surface area (Å²) in [6.07, 6.45) is 2.04. The Labute approximate surface area is 181 Å². The Balaban J connectivity index is 1.96. The minimum Gasteiger partial charge on any atom is -0.302 e. The van der Waals surface area contributed by atoms with Crippen molar-refractivity contribution in [3.63, 3.8) is 0 Å². The van der Waals surface area contributed by atoms with Crippen molar-refractivity contribution in [1.82, 2.24) is 9.88 Å². The average Bonchev–Trinajstić information content (AvgIpc) is 3.13. The van der Waals surface area contributed by atoms with Crippen LogP contribution in [0.15, 0.2) is 41.3 Å². The molecule has 0 saturated carbocycles. The molecule has 0 aliphatic heterocycles. The molecule has 0 unspecified atom stereocenters. The summed E-state index contributed by atoms with van der Waals surface area (Å²) in [5.41, 5.74) is 4.14. The Morgan fingerprint density at radius 2 is 1.69 bits per heavy atom. The fourth-order valence-corrected chi connectivity index (χ4v) is 4.72. The molecule has 0 saturated heterocycles. The zero-order valence-electron chi connectivity index (χ0n) is 17.9. The lowest BCUT2D eigenvalue weighted by Crippen LogP contribution is -2.38. The first kappa shape index (κ1) is 21.8. The van der Waals surface area contributed by atoms with Gasteiger partial charge in [-0.15, -0.1) is 11.8 Å². The number of rotatable bonds is 8. The normalized spacial score (nSPS) is 11.4. The number of anilines is 1. The van der Waals surface area contributed by atoms with E-state index in [-0.39, 0.29) is 5.91 Å². The Morgan fingerprint density at radius 3 is 2.31 bits per heavy atom. The van der Waals surface area contributed by atoms with Crippen LogP contribution in [0.2, 0.25) is 0 Å². The van der Waals surface area contributed by atoms with Crippen LogP contribution in [0.5, 0.6) is 0 Å². The van der Waals surface area contributed by atoms with Crippen LogP contribution < -0.4 is 4.90 Å². The third-order valence-electron chi connectivity index (χ3n) is 5.34. The lowest BCUT2D eigenvalue weighted by molar-refractivity contribution is 0.0983. The minimum absolute atomic E-state index is 0.0114. The van der Waals surface area contributed by atoms with Crippen molar-refractivity contribution >= 4 is 44.4 Å². The Kier molecular flexibility index (Phi) is 7.33. The molecule has 1 amide bonds. The minimum atomic E-state index is 0.0114. The number of hydrogen-bond donors (Lipinski definition) is 0. The number of carbonyl (C=O) groups is 1. The van der Waals surface area contributed by atoms with Gasteiger partial charge in [-0.05, 0) is 80.7 Å². The molecule has 0 aliphatic rings. The second-order valence-electron chi connectivity index (χ2n) is 7.11. The summed E-state index contributed by atoms with van der Waals surface area (Å²) in [6, 6.07) is 12.1. The van der Waals surface area contributed by atoms with Crippen molar-refractivity contribution in [3.05, 3.63) is 53.1 Å². The summed E-state index contributed by atoms with van der Waals surface area (Å²) in [7, 11) is 0. The zero-order valence-corrected chi connectivity index (χ0v) is 19.5. The predicted molar refractivity (Wildman–Crippen MR) is 127 cm³/mol. The number of thioether (sulfide) groups is 1. The van der Waals surface area contributed by atoms with Crippen LogP contribution in [0, 0.1) is 13.8 Å². The van der Waals surface area contributed by atoms with Gasteiger partial charge in [-0.3, -0.25) is 9.69 Å². The van der Waals surface area contributed by atoms with E-state index >= 15 is 0 Å². The highest BCUT2D eigenvalue weighted by Gasteiger charge is 2.22. The molecule has 29 heavy (non-hydrogen) atoms. The van der Waals surface area contributed by atoms with E-state index in [1.807, 2.05) is 35.4 Å². The fourth-order valence-electron chi connectivity index (χ4n) is 3.24. The number of likely N-dealkylation sites (N-methyl/N-ethyl adjacent to an activating group) is 1. The Hall–Kier alpha value is -1.89. The van der Waals surface area contributed by atoms with Crippen molar-refractivity contribution in [2.75, 3.05) is 37.3 Å². The Morgan fingerprint density at radius 1 is 1.03 bits per heavy atom. The molecule has 0 aliphatic carbocycles. The van der Waals surface area contributed by atoms with E-state index in [4.69, 9.17) is 4.98 Å². The number of fused-ring (bicyclic) bond motifs is 1. The monoisotopic (exact) mass is 427 g/mol. The summed E-state index contributed by atoms with van der Waals surface area (Å²) >= 11 is 3.28. The molecule has 0 radical (unpaired) electrons. The first-order valence-electron chi connectivity index (χ1n) is 10.0. The van der Waals surface area contributed by atoms with Gasteiger partial charge in [-0.1, -0.05) is 25.2 Å². The predicted octanol–water partition coefficient (Wildman–Crippen LogP) is 5.62. The van der Waals surface area contributed by atoms with Crippen molar-refractivity contribution < 1.29 is 4.79 Å². The van der Waals surface area contributed by atoms with Crippen LogP contribution in [0.1, 0.15) is 35.3 Å². The van der Waals surface area contributed by atoms with Gasteiger partial charge in [0.25, 0.3) is 5.91 Å². The SMILES string of the molecule is CCN(CC)CCN(C(=O)c1ccc(SC)cc1)c1nc2cc(C)c(C)cc2s1. The van der Waals surface area contributed by atoms with Gasteiger partial charge in [0, 0.05) is 23.5 Å². The molecule has 3 rings (SSSR count). The van der Waals surface area contributed by atoms with Gasteiger partial charge in [0.05, 0.1) is 10.2 Å². The zero-order chi connectivity index (χ0) is 21.0. The average molecular weight is 428 g/mol. The van der Waals surface area contributed by atoms with Gasteiger partial charge >= 0.3 is 0 Å². The number of nitrogens with zero attached hydrogens (tertiary/aromatic N) is 3. The van der Waals surface area contributed by atoms with Gasteiger partial charge in [0.1, 0.15) is 0 Å². The molecule has 1 heterocycles. The van der Waals surface area contributed by atoms with Crippen LogP contribution in [-0.4, -0.2) is 48.2 Å². The van der Waals surface area contributed by atoms with Crippen molar-refractivity contribution in [2.45, 2.75) is 32.6 Å². The Bertz CT molecular complexity index is 939. The maximum atomic E-state index is 13.4. The molecule has 1 aromatic heterocycles. The van der Waals surface area contributed by atoms with E-state index in [9.17, 15) is 4.79 Å². The smallest absolute Gasteiger partial charge is 0.260 e. The second-order valence-corrected chi connectivity index (χ2v) is 9.00. The molecule has 0 N–H and O–H groups in total. The van der Waals surface area contributed by atoms with Crippen molar-refractivity contribution in [1.29, 1.82) is 0 Å². The fraction of sp³-hybridized carbons (Fsp3) is 0.391. The summed E-state index contributed by atoms with van der Waals surface area (Å²) in [4.78, 5) is 23.6. The van der Waals surface area contributed by atoms with Gasteiger partial charge in [-0.2, -0.15) is 0 Å². The molecule has 6 heteroatoms. The third-order valence-corrected chi connectivity index (χ3v) is 7.12. The van der Waals surface area contributed by atoms with E-state index in [2.05, 4.69) is 44.7 Å². The van der Waals surface area contributed by atoms with Crippen LogP contribution in [-0.2, 0) is 0 Å². The van der Waals surface area contributed by atoms with E-state index in [1.165, 1.54) is 11.1 Å². The molecular weight excluding hydrogens is 398 g/mol. The topological polar surface area (TPSA) is 36.4 Å². The summed E-state index contributed by atoms with van der Waals surface area (Å²) in [5.74, 6) is 0.0114. The second kappa shape index (κ2) is 9.74. The number of amides is 1. The number of carbonyl (C=O) groups excluding carboxylic acids is 1. The first-order chi connectivity index (χ1) is 14.0. The molecule has 3 aromatic rings. The lowest BCUT2D eigenvalue weighted by Gasteiger charge is -2.24. The number of benzene rings is 2. The first-order valence-corrected chi connectivity index (χ1v) is 12.1. The number of aromatic nitrogens is 1. The lowest BCUT2D eigenvalue weighted by atomic mass is 10.1. The highest BCUT2D eigenvalue weighted by molar-refractivity contribution is 7.98. The quantitative estimate of drug-likeness (QED) is 0.437. The molecule has 154 valence electrons. The summed E-state index contributed by atoms with van der Waals surface area (Å²) in [6.45, 7) is 11.9. The highest BCUT2D eigenvalue weighted by atomic mass is 32.2. The van der Waals surface area contributed by atoms with E-state index in [0.29, 0.717) is 12.1 Å². The van der Waals surface area contributed by atoms with Crippen molar-refractivity contribution in [3.8, 4) is 0 Å². The molecule has 0 atom stereocenters. The number of aryl methyl sites for hydroxylation is 2. The summed E-state index contributed by atoms with van der Waals surface area (Å²) < 4.78 is 1.13. The molecular formula is C23H29N3OS2. The van der Waals surface area contributed by atoms with Gasteiger partial charge in [-0.25, -0.2) is 4.98 Å². The van der Waals surface area contributed by atoms with Gasteiger partial charge < -0.3 is 4.90 Å². The molecule has 2 aromatic carbocycles. The largest absolute Gasteiger partial charge is 0.302 e. The molecule has 0 bridgehead atoms. The van der Waals surface area contributed by atoms with Gasteiger partial charge in [0.15, 0.2) is 5.13 Å². The third kappa shape index (κ3) is 5.00. The molecule has 0 fully saturated rings. The molecule has 4 nitrogen and oxygen atoms in total. The maximum absolute atomic E-state index is 13.4. The summed E-state index contributed by atoms with van der Waals surface area (Å²) in [5, 5.41) is 0.774. The van der Waals surface area contributed by atoms with E-state index in [1.54, 1.807) is 23.1 Å². The maximum Gasteiger partial charge on any atom is 0.260 e. The number of hydrogen-bond acceptors (Lipinski definition) is 5. The van der Waals surface area contributed by atoms with Crippen LogP contribution in [0.4, 0.5) is 5.13 Å². The van der Waals surface area contributed by atoms with E-state index < -0.39 is 0 Å². The van der Waals surface area contributed by atoms with E-state index in [0.717, 1.165) is 39.9 Å². The highest BCUT2D eigenvalue weighted by Crippen LogP contribution is 2.31. The molecule has 0 spiro atoms. The van der Waals surface area contributed by atoms with Crippen LogP contribution >= 0.6 is 23.1 Å². The van der Waals surface area contributed by atoms with Crippen LogP contribution in [0.3, 0.4) is 0 Å². The van der Waals surface area contributed by atoms with Crippen LogP contribution in [0.25, 0.3) is 10.2 Å². The standard InChI is InChI=1S/C23H29N3OS2/c1-6-25(7-2)12-13-26(22(27)18-8-10-19(28-5)11-9-18)23-24-20-14-16(3)17(4)15-21(20)29-23/h8-11,14-15H,6-7,12-13H2,1-5H3. The van der Waals surface area contributed by atoms with Crippen molar-refractivity contribution in [2.24, 2.45) is 0 Å². The number of thiazole rings is 1. The van der Waals surface area contributed by atoms with Gasteiger partial charge in [0.2, 0.25) is 0 Å².